The van der Waals surface area contributed by atoms with Crippen LogP contribution in [0.15, 0.2) is 54.6 Å². The average molecular weight is 339 g/mol. The molecule has 7 heteroatoms. The van der Waals surface area contributed by atoms with Crippen LogP contribution in [0.1, 0.15) is 22.8 Å². The van der Waals surface area contributed by atoms with Crippen molar-refractivity contribution in [3.63, 3.8) is 0 Å². The van der Waals surface area contributed by atoms with Gasteiger partial charge >= 0.3 is 0 Å². The third kappa shape index (κ3) is 5.00. The smallest absolute Gasteiger partial charge is 0.276 e. The van der Waals surface area contributed by atoms with Crippen LogP contribution >= 0.6 is 0 Å². The number of para-hydroxylation sites is 1. The molecular formula is C18H17N3O4. The molecular weight excluding hydrogens is 322 g/mol. The summed E-state index contributed by atoms with van der Waals surface area (Å²) < 4.78 is 0. The number of hydrogen-bond donors (Lipinski definition) is 2. The molecule has 128 valence electrons. The van der Waals surface area contributed by atoms with E-state index in [0.717, 1.165) is 0 Å². The standard InChI is InChI=1S/C18H17N3O4/c1-2-19-18(23)14-7-5-8-15(12-14)20-17(22)11-10-13-6-3-4-9-16(13)21(24)25/h3-12H,2H2,1H3,(H,19,23)(H,20,22)/b11-10+. The molecule has 0 aliphatic carbocycles. The topological polar surface area (TPSA) is 101 Å². The maximum atomic E-state index is 12.0. The van der Waals surface area contributed by atoms with Gasteiger partial charge in [-0.05, 0) is 37.3 Å². The molecule has 0 radical (unpaired) electrons. The summed E-state index contributed by atoms with van der Waals surface area (Å²) in [5.74, 6) is -0.680. The number of nitrogens with zero attached hydrogens (tertiary/aromatic N) is 1. The van der Waals surface area contributed by atoms with Crippen molar-refractivity contribution in [2.24, 2.45) is 0 Å². The van der Waals surface area contributed by atoms with E-state index in [-0.39, 0.29) is 11.6 Å². The number of nitro benzene ring substituents is 1. The molecule has 0 saturated carbocycles. The lowest BCUT2D eigenvalue weighted by Gasteiger charge is -2.06. The van der Waals surface area contributed by atoms with E-state index in [2.05, 4.69) is 10.6 Å². The number of nitro groups is 1. The van der Waals surface area contributed by atoms with Gasteiger partial charge in [0.2, 0.25) is 5.91 Å². The quantitative estimate of drug-likeness (QED) is 0.480. The molecule has 0 aliphatic heterocycles. The molecule has 2 N–H and O–H groups in total. The number of rotatable bonds is 6. The number of hydrogen-bond acceptors (Lipinski definition) is 4. The van der Waals surface area contributed by atoms with Crippen molar-refractivity contribution < 1.29 is 14.5 Å². The largest absolute Gasteiger partial charge is 0.352 e. The number of carbonyl (C=O) groups is 2. The highest BCUT2D eigenvalue weighted by atomic mass is 16.6. The fraction of sp³-hybridized carbons (Fsp3) is 0.111. The molecule has 2 amide bonds. The second-order valence-electron chi connectivity index (χ2n) is 5.08. The summed E-state index contributed by atoms with van der Waals surface area (Å²) >= 11 is 0. The number of benzene rings is 2. The Labute approximate surface area is 144 Å². The van der Waals surface area contributed by atoms with Crippen molar-refractivity contribution in [1.82, 2.24) is 5.32 Å². The van der Waals surface area contributed by atoms with Crippen LogP contribution in [-0.4, -0.2) is 23.3 Å². The molecule has 0 heterocycles. The fourth-order valence-corrected chi connectivity index (χ4v) is 2.14. The van der Waals surface area contributed by atoms with Gasteiger partial charge in [0.15, 0.2) is 0 Å². The Kier molecular flexibility index (Phi) is 6.00. The second-order valence-corrected chi connectivity index (χ2v) is 5.08. The minimum Gasteiger partial charge on any atom is -0.352 e. The lowest BCUT2D eigenvalue weighted by Crippen LogP contribution is -2.22. The number of amides is 2. The lowest BCUT2D eigenvalue weighted by molar-refractivity contribution is -0.385. The Morgan fingerprint density at radius 2 is 1.92 bits per heavy atom. The van der Waals surface area contributed by atoms with Gasteiger partial charge in [0, 0.05) is 29.9 Å². The Hall–Kier alpha value is -3.48. The van der Waals surface area contributed by atoms with Crippen LogP contribution in [0.25, 0.3) is 6.08 Å². The maximum Gasteiger partial charge on any atom is 0.276 e. The Bertz CT molecular complexity index is 831. The van der Waals surface area contributed by atoms with Crippen LogP contribution in [0.4, 0.5) is 11.4 Å². The van der Waals surface area contributed by atoms with Crippen molar-refractivity contribution >= 4 is 29.3 Å². The van der Waals surface area contributed by atoms with Crippen molar-refractivity contribution in [1.29, 1.82) is 0 Å². The van der Waals surface area contributed by atoms with Gasteiger partial charge in [-0.1, -0.05) is 18.2 Å². The summed E-state index contributed by atoms with van der Waals surface area (Å²) in [6.07, 6.45) is 2.59. The van der Waals surface area contributed by atoms with Gasteiger partial charge in [0.05, 0.1) is 10.5 Å². The molecule has 0 spiro atoms. The fourth-order valence-electron chi connectivity index (χ4n) is 2.14. The van der Waals surface area contributed by atoms with E-state index in [9.17, 15) is 19.7 Å². The van der Waals surface area contributed by atoms with Gasteiger partial charge in [-0.3, -0.25) is 19.7 Å². The van der Waals surface area contributed by atoms with Crippen molar-refractivity contribution in [2.45, 2.75) is 6.92 Å². The summed E-state index contributed by atoms with van der Waals surface area (Å²) in [5, 5.41) is 16.2. The van der Waals surface area contributed by atoms with E-state index in [4.69, 9.17) is 0 Å². The molecule has 0 fully saturated rings. The predicted molar refractivity (Wildman–Crippen MR) is 95.2 cm³/mol. The second kappa shape index (κ2) is 8.39. The first-order valence-electron chi connectivity index (χ1n) is 7.62. The van der Waals surface area contributed by atoms with Crippen LogP contribution in [-0.2, 0) is 4.79 Å². The third-order valence-electron chi connectivity index (χ3n) is 3.28. The van der Waals surface area contributed by atoms with E-state index < -0.39 is 10.8 Å². The molecule has 25 heavy (non-hydrogen) atoms. The normalized spacial score (nSPS) is 10.4. The molecule has 0 aliphatic rings. The highest BCUT2D eigenvalue weighted by Crippen LogP contribution is 2.19. The molecule has 0 saturated heterocycles. The van der Waals surface area contributed by atoms with Crippen LogP contribution < -0.4 is 10.6 Å². The van der Waals surface area contributed by atoms with Crippen LogP contribution in [0.3, 0.4) is 0 Å². The summed E-state index contributed by atoms with van der Waals surface area (Å²) in [7, 11) is 0. The van der Waals surface area contributed by atoms with Gasteiger partial charge in [0.25, 0.3) is 11.6 Å². The zero-order chi connectivity index (χ0) is 18.2. The molecule has 0 aromatic heterocycles. The summed E-state index contributed by atoms with van der Waals surface area (Å²) in [5.41, 5.74) is 1.15. The lowest BCUT2D eigenvalue weighted by atomic mass is 10.1. The van der Waals surface area contributed by atoms with E-state index in [1.165, 1.54) is 18.2 Å². The van der Waals surface area contributed by atoms with Crippen molar-refractivity contribution in [3.05, 3.63) is 75.8 Å². The van der Waals surface area contributed by atoms with Gasteiger partial charge in [-0.2, -0.15) is 0 Å². The Balaban J connectivity index is 2.09. The molecule has 7 nitrogen and oxygen atoms in total. The third-order valence-corrected chi connectivity index (χ3v) is 3.28. The first-order chi connectivity index (χ1) is 12.0. The molecule has 2 aromatic rings. The molecule has 0 bridgehead atoms. The SMILES string of the molecule is CCNC(=O)c1cccc(NC(=O)/C=C/c2ccccc2[N+](=O)[O-])c1. The molecule has 2 aromatic carbocycles. The van der Waals surface area contributed by atoms with Crippen LogP contribution in [0.2, 0.25) is 0 Å². The van der Waals surface area contributed by atoms with Gasteiger partial charge in [-0.15, -0.1) is 0 Å². The van der Waals surface area contributed by atoms with E-state index in [1.807, 2.05) is 6.92 Å². The Morgan fingerprint density at radius 1 is 1.16 bits per heavy atom. The number of carbonyl (C=O) groups excluding carboxylic acids is 2. The van der Waals surface area contributed by atoms with Gasteiger partial charge < -0.3 is 10.6 Å². The van der Waals surface area contributed by atoms with E-state index in [1.54, 1.807) is 42.5 Å². The first-order valence-corrected chi connectivity index (χ1v) is 7.62. The van der Waals surface area contributed by atoms with Gasteiger partial charge in [0.1, 0.15) is 0 Å². The highest BCUT2D eigenvalue weighted by Gasteiger charge is 2.10. The predicted octanol–water partition coefficient (Wildman–Crippen LogP) is 3.00. The van der Waals surface area contributed by atoms with E-state index >= 15 is 0 Å². The molecule has 0 atom stereocenters. The number of anilines is 1. The summed E-state index contributed by atoms with van der Waals surface area (Å²) in [4.78, 5) is 34.2. The van der Waals surface area contributed by atoms with Crippen molar-refractivity contribution in [3.8, 4) is 0 Å². The monoisotopic (exact) mass is 339 g/mol. The minimum absolute atomic E-state index is 0.0789. The zero-order valence-corrected chi connectivity index (χ0v) is 13.6. The average Bonchev–Trinajstić information content (AvgIpc) is 2.60. The van der Waals surface area contributed by atoms with Gasteiger partial charge in [-0.25, -0.2) is 0 Å². The molecule has 2 rings (SSSR count). The van der Waals surface area contributed by atoms with E-state index in [0.29, 0.717) is 23.4 Å². The zero-order valence-electron chi connectivity index (χ0n) is 13.6. The molecule has 0 unspecified atom stereocenters. The summed E-state index contributed by atoms with van der Waals surface area (Å²) in [6, 6.07) is 12.6. The summed E-state index contributed by atoms with van der Waals surface area (Å²) in [6.45, 7) is 2.32. The first kappa shape index (κ1) is 17.9. The Morgan fingerprint density at radius 3 is 2.64 bits per heavy atom. The highest BCUT2D eigenvalue weighted by molar-refractivity contribution is 6.03. The van der Waals surface area contributed by atoms with Crippen LogP contribution in [0, 0.1) is 10.1 Å². The maximum absolute atomic E-state index is 12.0. The van der Waals surface area contributed by atoms with Crippen LogP contribution in [0.5, 0.6) is 0 Å². The minimum atomic E-state index is -0.507. The number of nitrogens with one attached hydrogen (secondary N) is 2. The van der Waals surface area contributed by atoms with Crippen molar-refractivity contribution in [2.75, 3.05) is 11.9 Å².